The smallest absolute Gasteiger partial charge is 0.285 e. The van der Waals surface area contributed by atoms with Crippen molar-refractivity contribution in [1.82, 2.24) is 9.78 Å². The number of amides is 1. The molecular weight excluding hydrogens is 380 g/mol. The highest BCUT2D eigenvalue weighted by Gasteiger charge is 2.36. The molecule has 1 aliphatic heterocycles. The molecule has 0 saturated heterocycles. The Kier molecular flexibility index (Phi) is 5.53. The van der Waals surface area contributed by atoms with E-state index in [1.165, 1.54) is 0 Å². The lowest BCUT2D eigenvalue weighted by atomic mass is 9.88. The fourth-order valence-electron chi connectivity index (χ4n) is 3.93. The number of carbonyl (C=O) groups is 1. The van der Waals surface area contributed by atoms with Crippen LogP contribution < -0.4 is 15.2 Å². The second-order valence-electron chi connectivity index (χ2n) is 7.98. The molecule has 1 aromatic carbocycles. The van der Waals surface area contributed by atoms with Crippen LogP contribution >= 0.6 is 0 Å². The van der Waals surface area contributed by atoms with Crippen LogP contribution in [0.25, 0.3) is 5.57 Å². The van der Waals surface area contributed by atoms with Crippen molar-refractivity contribution < 1.29 is 9.53 Å². The maximum Gasteiger partial charge on any atom is 0.285 e. The first-order valence-corrected chi connectivity index (χ1v) is 9.88. The minimum atomic E-state index is -0.595. The number of hydrogen-bond acceptors (Lipinski definition) is 5. The molecule has 0 atom stereocenters. The van der Waals surface area contributed by atoms with Gasteiger partial charge in [0.2, 0.25) is 5.91 Å². The first-order valence-electron chi connectivity index (χ1n) is 9.88. The summed E-state index contributed by atoms with van der Waals surface area (Å²) >= 11 is 0. The van der Waals surface area contributed by atoms with E-state index in [0.29, 0.717) is 17.9 Å². The van der Waals surface area contributed by atoms with Gasteiger partial charge >= 0.3 is 0 Å². The Balaban J connectivity index is 2.06. The highest BCUT2D eigenvalue weighted by atomic mass is 16.5. The van der Waals surface area contributed by atoms with Crippen molar-refractivity contribution in [2.24, 2.45) is 0 Å². The van der Waals surface area contributed by atoms with Crippen LogP contribution in [-0.2, 0) is 11.3 Å². The average Bonchev–Trinajstić information content (AvgIpc) is 2.66. The number of carbonyl (C=O) groups excluding carboxylic acids is 1. The van der Waals surface area contributed by atoms with Gasteiger partial charge in [-0.25, -0.2) is 4.68 Å². The molecule has 2 aromatic rings. The Labute approximate surface area is 176 Å². The third kappa shape index (κ3) is 3.61. The third-order valence-corrected chi connectivity index (χ3v) is 5.37. The molecule has 3 rings (SSSR count). The van der Waals surface area contributed by atoms with E-state index in [2.05, 4.69) is 5.10 Å². The number of ether oxygens (including phenoxy) is 1. The number of anilines is 1. The largest absolute Gasteiger partial charge is 0.494 e. The summed E-state index contributed by atoms with van der Waals surface area (Å²) in [4.78, 5) is 27.7. The van der Waals surface area contributed by atoms with Crippen molar-refractivity contribution >= 4 is 17.2 Å². The van der Waals surface area contributed by atoms with Crippen molar-refractivity contribution in [2.45, 2.75) is 53.6 Å². The number of aryl methyl sites for hydroxylation is 1. The molecule has 30 heavy (non-hydrogen) atoms. The van der Waals surface area contributed by atoms with E-state index >= 15 is 0 Å². The van der Waals surface area contributed by atoms with Gasteiger partial charge in [-0.15, -0.1) is 0 Å². The summed E-state index contributed by atoms with van der Waals surface area (Å²) in [5, 5.41) is 13.6. The molecule has 0 aliphatic carbocycles. The van der Waals surface area contributed by atoms with Crippen LogP contribution in [0.3, 0.4) is 0 Å². The molecule has 2 heterocycles. The van der Waals surface area contributed by atoms with E-state index in [9.17, 15) is 14.9 Å². The van der Waals surface area contributed by atoms with Gasteiger partial charge in [0.25, 0.3) is 5.56 Å². The Morgan fingerprint density at radius 3 is 2.60 bits per heavy atom. The molecule has 0 radical (unpaired) electrons. The summed E-state index contributed by atoms with van der Waals surface area (Å²) in [5.41, 5.74) is 2.67. The Morgan fingerprint density at radius 1 is 1.27 bits per heavy atom. The van der Waals surface area contributed by atoms with Crippen LogP contribution in [-0.4, -0.2) is 27.8 Å². The number of rotatable bonds is 4. The summed E-state index contributed by atoms with van der Waals surface area (Å²) in [5.74, 6) is 0.456. The van der Waals surface area contributed by atoms with Gasteiger partial charge in [-0.05, 0) is 70.9 Å². The van der Waals surface area contributed by atoms with Gasteiger partial charge in [0.05, 0.1) is 23.5 Å². The minimum Gasteiger partial charge on any atom is -0.494 e. The molecule has 1 aliphatic rings. The summed E-state index contributed by atoms with van der Waals surface area (Å²) < 4.78 is 6.69. The van der Waals surface area contributed by atoms with Gasteiger partial charge < -0.3 is 9.64 Å². The SMILES string of the molecule is CCOc1ccc2c(c1)C(C)=CC(C)(C)N2C(=O)Cn1nc(C)c(C)c(C#N)c1=O. The molecule has 1 amide bonds. The second kappa shape index (κ2) is 7.79. The third-order valence-electron chi connectivity index (χ3n) is 5.37. The quantitative estimate of drug-likeness (QED) is 0.777. The van der Waals surface area contributed by atoms with Gasteiger partial charge in [-0.2, -0.15) is 10.4 Å². The number of aromatic nitrogens is 2. The molecule has 0 spiro atoms. The van der Waals surface area contributed by atoms with Gasteiger partial charge in [0, 0.05) is 5.56 Å². The maximum absolute atomic E-state index is 13.4. The summed E-state index contributed by atoms with van der Waals surface area (Å²) in [6.45, 7) is 11.5. The van der Waals surface area contributed by atoms with Crippen LogP contribution in [0.2, 0.25) is 0 Å². The van der Waals surface area contributed by atoms with E-state index in [1.54, 1.807) is 18.7 Å². The molecule has 0 fully saturated rings. The topological polar surface area (TPSA) is 88.2 Å². The standard InChI is InChI=1S/C23H26N4O3/c1-7-30-17-8-9-20-18(10-17)14(2)11-23(5,6)27(20)21(28)13-26-22(29)19(12-24)15(3)16(4)25-26/h8-11H,7,13H2,1-6H3. The van der Waals surface area contributed by atoms with Crippen LogP contribution in [0.1, 0.15) is 50.1 Å². The molecule has 0 N–H and O–H groups in total. The number of allylic oxidation sites excluding steroid dienone is 1. The van der Waals surface area contributed by atoms with E-state index < -0.39 is 11.1 Å². The van der Waals surface area contributed by atoms with E-state index in [1.807, 2.05) is 58.0 Å². The van der Waals surface area contributed by atoms with E-state index in [-0.39, 0.29) is 18.0 Å². The van der Waals surface area contributed by atoms with Crippen LogP contribution in [0.4, 0.5) is 5.69 Å². The zero-order chi connectivity index (χ0) is 22.2. The molecule has 156 valence electrons. The number of nitriles is 1. The fraction of sp³-hybridized carbons (Fsp3) is 0.391. The van der Waals surface area contributed by atoms with Crippen LogP contribution in [0.15, 0.2) is 29.1 Å². The van der Waals surface area contributed by atoms with Crippen molar-refractivity contribution in [2.75, 3.05) is 11.5 Å². The lowest BCUT2D eigenvalue weighted by Gasteiger charge is -2.41. The predicted octanol–water partition coefficient (Wildman–Crippen LogP) is 3.36. The first-order chi connectivity index (χ1) is 14.1. The summed E-state index contributed by atoms with van der Waals surface area (Å²) in [6, 6.07) is 7.56. The monoisotopic (exact) mass is 406 g/mol. The highest BCUT2D eigenvalue weighted by molar-refractivity contribution is 6.00. The van der Waals surface area contributed by atoms with Crippen molar-refractivity contribution in [3.05, 3.63) is 57.0 Å². The van der Waals surface area contributed by atoms with Crippen molar-refractivity contribution in [3.63, 3.8) is 0 Å². The van der Waals surface area contributed by atoms with Crippen molar-refractivity contribution in [3.8, 4) is 11.8 Å². The Hall–Kier alpha value is -3.40. The Morgan fingerprint density at radius 2 is 1.97 bits per heavy atom. The van der Waals surface area contributed by atoms with Gasteiger partial charge in [-0.1, -0.05) is 6.08 Å². The second-order valence-corrected chi connectivity index (χ2v) is 7.98. The normalized spacial score (nSPS) is 14.6. The zero-order valence-corrected chi connectivity index (χ0v) is 18.2. The zero-order valence-electron chi connectivity index (χ0n) is 18.2. The molecule has 0 saturated carbocycles. The van der Waals surface area contributed by atoms with E-state index in [0.717, 1.165) is 27.3 Å². The molecule has 1 aromatic heterocycles. The summed E-state index contributed by atoms with van der Waals surface area (Å²) in [6.07, 6.45) is 2.03. The number of hydrogen-bond donors (Lipinski definition) is 0. The van der Waals surface area contributed by atoms with Crippen molar-refractivity contribution in [1.29, 1.82) is 5.26 Å². The maximum atomic E-state index is 13.4. The lowest BCUT2D eigenvalue weighted by molar-refractivity contribution is -0.120. The Bertz CT molecular complexity index is 1150. The minimum absolute atomic E-state index is 0.0192. The molecule has 0 bridgehead atoms. The number of nitrogens with zero attached hydrogens (tertiary/aromatic N) is 4. The molecule has 7 nitrogen and oxygen atoms in total. The van der Waals surface area contributed by atoms with Crippen LogP contribution in [0.5, 0.6) is 5.75 Å². The first kappa shape index (κ1) is 21.3. The molecule has 0 unspecified atom stereocenters. The molecular formula is C23H26N4O3. The predicted molar refractivity (Wildman–Crippen MR) is 116 cm³/mol. The van der Waals surface area contributed by atoms with E-state index in [4.69, 9.17) is 4.74 Å². The number of fused-ring (bicyclic) bond motifs is 1. The van der Waals surface area contributed by atoms with Gasteiger partial charge in [0.1, 0.15) is 23.9 Å². The average molecular weight is 406 g/mol. The van der Waals surface area contributed by atoms with Crippen LogP contribution in [0, 0.1) is 25.2 Å². The van der Waals surface area contributed by atoms with Gasteiger partial charge in [0.15, 0.2) is 0 Å². The highest BCUT2D eigenvalue weighted by Crippen LogP contribution is 2.40. The van der Waals surface area contributed by atoms with Gasteiger partial charge in [-0.3, -0.25) is 9.59 Å². The molecule has 7 heteroatoms. The lowest BCUT2D eigenvalue weighted by Crippen LogP contribution is -2.51. The number of benzene rings is 1. The fourth-order valence-corrected chi connectivity index (χ4v) is 3.93. The summed E-state index contributed by atoms with van der Waals surface area (Å²) in [7, 11) is 0.